The molecule has 1 aromatic carbocycles. The molecule has 0 fully saturated rings. The number of primary amides is 1. The number of nitrogens with zero attached hydrogens (tertiary/aromatic N) is 2. The van der Waals surface area contributed by atoms with Crippen molar-refractivity contribution in [3.63, 3.8) is 0 Å². The number of aryl methyl sites for hydroxylation is 1. The zero-order valence-electron chi connectivity index (χ0n) is 12.3. The van der Waals surface area contributed by atoms with Crippen molar-refractivity contribution >= 4 is 5.91 Å². The fraction of sp³-hybridized carbons (Fsp3) is 0.375. The molecule has 0 unspecified atom stereocenters. The lowest BCUT2D eigenvalue weighted by Gasteiger charge is -2.21. The minimum Gasteiger partial charge on any atom is -0.369 e. The van der Waals surface area contributed by atoms with E-state index in [9.17, 15) is 4.79 Å². The van der Waals surface area contributed by atoms with Crippen LogP contribution in [0.15, 0.2) is 36.5 Å². The van der Waals surface area contributed by atoms with Crippen molar-refractivity contribution in [2.24, 2.45) is 5.73 Å². The molecule has 0 aliphatic carbocycles. The van der Waals surface area contributed by atoms with Gasteiger partial charge in [0.25, 0.3) is 0 Å². The van der Waals surface area contributed by atoms with Crippen molar-refractivity contribution in [1.82, 2.24) is 9.78 Å². The van der Waals surface area contributed by atoms with Gasteiger partial charge in [-0.2, -0.15) is 5.10 Å². The highest BCUT2D eigenvalue weighted by Crippen LogP contribution is 2.26. The molecule has 2 rings (SSSR count). The third kappa shape index (κ3) is 2.59. The Balaban J connectivity index is 2.33. The third-order valence-electron chi connectivity index (χ3n) is 3.67. The van der Waals surface area contributed by atoms with E-state index >= 15 is 0 Å². The van der Waals surface area contributed by atoms with Crippen molar-refractivity contribution in [1.29, 1.82) is 0 Å². The first-order valence-corrected chi connectivity index (χ1v) is 6.89. The maximum absolute atomic E-state index is 11.5. The molecule has 0 aliphatic rings. The summed E-state index contributed by atoms with van der Waals surface area (Å²) in [4.78, 5) is 11.5. The van der Waals surface area contributed by atoms with Crippen LogP contribution in [0.2, 0.25) is 0 Å². The third-order valence-corrected chi connectivity index (χ3v) is 3.67. The summed E-state index contributed by atoms with van der Waals surface area (Å²) in [7, 11) is 0. The molecular formula is C16H21N3O. The minimum atomic E-state index is -0.651. The highest BCUT2D eigenvalue weighted by atomic mass is 16.1. The molecule has 1 amide bonds. The van der Waals surface area contributed by atoms with Gasteiger partial charge in [0.05, 0.1) is 11.1 Å². The predicted molar refractivity (Wildman–Crippen MR) is 80.2 cm³/mol. The molecule has 4 heteroatoms. The maximum atomic E-state index is 11.5. The zero-order chi connectivity index (χ0) is 14.8. The van der Waals surface area contributed by atoms with E-state index in [0.29, 0.717) is 0 Å². The molecule has 0 saturated heterocycles. The van der Waals surface area contributed by atoms with Crippen LogP contribution in [0.4, 0.5) is 0 Å². The van der Waals surface area contributed by atoms with E-state index in [1.807, 2.05) is 55.1 Å². The summed E-state index contributed by atoms with van der Waals surface area (Å²) in [6.45, 7) is 6.71. The second-order valence-electron chi connectivity index (χ2n) is 5.51. The molecule has 1 heterocycles. The van der Waals surface area contributed by atoms with E-state index in [0.717, 1.165) is 29.8 Å². The van der Waals surface area contributed by atoms with Crippen LogP contribution < -0.4 is 5.73 Å². The van der Waals surface area contributed by atoms with Crippen LogP contribution in [-0.2, 0) is 16.8 Å². The van der Waals surface area contributed by atoms with E-state index < -0.39 is 5.41 Å². The summed E-state index contributed by atoms with van der Waals surface area (Å²) in [6, 6.07) is 9.96. The van der Waals surface area contributed by atoms with Crippen LogP contribution in [0.3, 0.4) is 0 Å². The van der Waals surface area contributed by atoms with Crippen LogP contribution in [0.5, 0.6) is 0 Å². The van der Waals surface area contributed by atoms with Crippen LogP contribution in [0, 0.1) is 0 Å². The van der Waals surface area contributed by atoms with E-state index in [2.05, 4.69) is 12.0 Å². The summed E-state index contributed by atoms with van der Waals surface area (Å²) in [5.74, 6) is -0.318. The van der Waals surface area contributed by atoms with E-state index in [-0.39, 0.29) is 5.91 Å². The lowest BCUT2D eigenvalue weighted by molar-refractivity contribution is -0.122. The van der Waals surface area contributed by atoms with Crippen molar-refractivity contribution < 1.29 is 4.79 Å². The fourth-order valence-electron chi connectivity index (χ4n) is 2.17. The Hall–Kier alpha value is -2.10. The van der Waals surface area contributed by atoms with E-state index in [1.54, 1.807) is 0 Å². The predicted octanol–water partition coefficient (Wildman–Crippen LogP) is 2.72. The van der Waals surface area contributed by atoms with Gasteiger partial charge >= 0.3 is 0 Å². The SMILES string of the molecule is CCCn1nccc1-c1ccc(C(C)(C)C(N)=O)cc1. The van der Waals surface area contributed by atoms with Crippen LogP contribution >= 0.6 is 0 Å². The number of aromatic nitrogens is 2. The van der Waals surface area contributed by atoms with Crippen molar-refractivity contribution in [3.05, 3.63) is 42.1 Å². The Morgan fingerprint density at radius 2 is 1.90 bits per heavy atom. The number of carbonyl (C=O) groups excluding carboxylic acids is 1. The molecule has 0 bridgehead atoms. The molecule has 20 heavy (non-hydrogen) atoms. The number of hydrogen-bond acceptors (Lipinski definition) is 2. The molecule has 1 aromatic heterocycles. The van der Waals surface area contributed by atoms with Gasteiger partial charge in [0.1, 0.15) is 0 Å². The first kappa shape index (κ1) is 14.3. The molecule has 0 saturated carbocycles. The highest BCUT2D eigenvalue weighted by Gasteiger charge is 2.27. The summed E-state index contributed by atoms with van der Waals surface area (Å²) in [5.41, 5.74) is 7.91. The van der Waals surface area contributed by atoms with Crippen molar-refractivity contribution in [2.45, 2.75) is 39.2 Å². The molecule has 2 aromatic rings. The quantitative estimate of drug-likeness (QED) is 0.909. The van der Waals surface area contributed by atoms with Crippen LogP contribution in [0.1, 0.15) is 32.8 Å². The molecule has 0 atom stereocenters. The molecule has 2 N–H and O–H groups in total. The average Bonchev–Trinajstić information content (AvgIpc) is 2.87. The first-order valence-electron chi connectivity index (χ1n) is 6.89. The normalized spacial score (nSPS) is 11.6. The van der Waals surface area contributed by atoms with Gasteiger partial charge in [-0.15, -0.1) is 0 Å². The van der Waals surface area contributed by atoms with Gasteiger partial charge in [-0.1, -0.05) is 31.2 Å². The molecule has 0 radical (unpaired) electrons. The molecule has 4 nitrogen and oxygen atoms in total. The standard InChI is InChI=1S/C16H21N3O/c1-4-11-19-14(9-10-18-19)12-5-7-13(8-6-12)16(2,3)15(17)20/h5-10H,4,11H2,1-3H3,(H2,17,20). The summed E-state index contributed by atoms with van der Waals surface area (Å²) < 4.78 is 1.99. The Morgan fingerprint density at radius 3 is 2.45 bits per heavy atom. The minimum absolute atomic E-state index is 0.318. The highest BCUT2D eigenvalue weighted by molar-refractivity contribution is 5.85. The lowest BCUT2D eigenvalue weighted by Crippen LogP contribution is -2.35. The van der Waals surface area contributed by atoms with Gasteiger partial charge in [0.2, 0.25) is 5.91 Å². The smallest absolute Gasteiger partial charge is 0.227 e. The number of rotatable bonds is 5. The van der Waals surface area contributed by atoms with E-state index in [4.69, 9.17) is 5.73 Å². The van der Waals surface area contributed by atoms with E-state index in [1.165, 1.54) is 0 Å². The topological polar surface area (TPSA) is 60.9 Å². The second-order valence-corrected chi connectivity index (χ2v) is 5.51. The average molecular weight is 271 g/mol. The van der Waals surface area contributed by atoms with Gasteiger partial charge < -0.3 is 5.73 Å². The summed E-state index contributed by atoms with van der Waals surface area (Å²) in [6.07, 6.45) is 2.85. The Bertz CT molecular complexity index is 596. The van der Waals surface area contributed by atoms with Crippen molar-refractivity contribution in [3.8, 4) is 11.3 Å². The second kappa shape index (κ2) is 5.49. The van der Waals surface area contributed by atoms with Gasteiger partial charge in [-0.3, -0.25) is 9.48 Å². The maximum Gasteiger partial charge on any atom is 0.227 e. The first-order chi connectivity index (χ1) is 9.46. The number of nitrogens with two attached hydrogens (primary N) is 1. The van der Waals surface area contributed by atoms with Crippen LogP contribution in [-0.4, -0.2) is 15.7 Å². The molecular weight excluding hydrogens is 250 g/mol. The largest absolute Gasteiger partial charge is 0.369 e. The monoisotopic (exact) mass is 271 g/mol. The number of carbonyl (C=O) groups is 1. The van der Waals surface area contributed by atoms with Crippen LogP contribution in [0.25, 0.3) is 11.3 Å². The Kier molecular flexibility index (Phi) is 3.93. The molecule has 0 aliphatic heterocycles. The zero-order valence-corrected chi connectivity index (χ0v) is 12.3. The van der Waals surface area contributed by atoms with Gasteiger partial charge in [-0.25, -0.2) is 0 Å². The molecule has 0 spiro atoms. The lowest BCUT2D eigenvalue weighted by atomic mass is 9.83. The van der Waals surface area contributed by atoms with Crippen molar-refractivity contribution in [2.75, 3.05) is 0 Å². The summed E-state index contributed by atoms with van der Waals surface area (Å²) >= 11 is 0. The number of amides is 1. The van der Waals surface area contributed by atoms with Gasteiger partial charge in [0.15, 0.2) is 0 Å². The Morgan fingerprint density at radius 1 is 1.25 bits per heavy atom. The van der Waals surface area contributed by atoms with Gasteiger partial charge in [-0.05, 0) is 37.5 Å². The fourth-order valence-corrected chi connectivity index (χ4v) is 2.17. The number of hydrogen-bond donors (Lipinski definition) is 1. The summed E-state index contributed by atoms with van der Waals surface area (Å²) in [5, 5.41) is 4.32. The molecule has 106 valence electrons. The number of benzene rings is 1. The van der Waals surface area contributed by atoms with Gasteiger partial charge in [0, 0.05) is 12.7 Å². The Labute approximate surface area is 119 Å².